The Labute approximate surface area is 93.3 Å². The Bertz CT molecular complexity index is 502. The molecule has 0 aromatic carbocycles. The molecule has 2 N–H and O–H groups in total. The molecule has 0 bridgehead atoms. The topological polar surface area (TPSA) is 85.8 Å². The zero-order chi connectivity index (χ0) is 11.7. The van der Waals surface area contributed by atoms with Crippen molar-refractivity contribution in [2.24, 2.45) is 0 Å². The van der Waals surface area contributed by atoms with Crippen molar-refractivity contribution in [2.75, 3.05) is 24.7 Å². The number of nitrogens with zero attached hydrogens (tertiary/aromatic N) is 6. The van der Waals surface area contributed by atoms with Gasteiger partial charge in [0.15, 0.2) is 17.0 Å². The molecule has 2 rings (SSSR count). The molecule has 86 valence electrons. The molecular formula is C9H15N7. The van der Waals surface area contributed by atoms with E-state index in [0.29, 0.717) is 22.9 Å². The lowest BCUT2D eigenvalue weighted by Crippen LogP contribution is -2.14. The smallest absolute Gasteiger partial charge is 0.228 e. The van der Waals surface area contributed by atoms with Crippen molar-refractivity contribution < 1.29 is 0 Å². The minimum absolute atomic E-state index is 0.371. The highest BCUT2D eigenvalue weighted by Gasteiger charge is 2.12. The zero-order valence-corrected chi connectivity index (χ0v) is 9.67. The highest BCUT2D eigenvalue weighted by molar-refractivity contribution is 5.82. The Hall–Kier alpha value is -1.92. The second-order valence-electron chi connectivity index (χ2n) is 3.79. The number of aryl methyl sites for hydroxylation is 1. The maximum Gasteiger partial charge on any atom is 0.228 e. The van der Waals surface area contributed by atoms with Gasteiger partial charge in [-0.1, -0.05) is 12.1 Å². The largest absolute Gasteiger partial charge is 0.382 e. The predicted molar refractivity (Wildman–Crippen MR) is 62.1 cm³/mol. The van der Waals surface area contributed by atoms with Gasteiger partial charge in [-0.25, -0.2) is 4.68 Å². The second kappa shape index (κ2) is 3.92. The fourth-order valence-electron chi connectivity index (χ4n) is 1.43. The van der Waals surface area contributed by atoms with Crippen molar-refractivity contribution in [3.05, 3.63) is 0 Å². The molecule has 7 heteroatoms. The van der Waals surface area contributed by atoms with Gasteiger partial charge in [0.25, 0.3) is 0 Å². The number of fused-ring (bicyclic) bond motifs is 1. The number of anilines is 2. The van der Waals surface area contributed by atoms with Crippen LogP contribution in [0.15, 0.2) is 0 Å². The summed E-state index contributed by atoms with van der Waals surface area (Å²) < 4.78 is 1.75. The molecule has 2 aromatic heterocycles. The highest BCUT2D eigenvalue weighted by Crippen LogP contribution is 2.17. The van der Waals surface area contributed by atoms with E-state index >= 15 is 0 Å². The molecule has 0 saturated carbocycles. The lowest BCUT2D eigenvalue weighted by molar-refractivity contribution is 0.591. The summed E-state index contributed by atoms with van der Waals surface area (Å²) >= 11 is 0. The summed E-state index contributed by atoms with van der Waals surface area (Å²) in [5.41, 5.74) is 7.07. The molecule has 0 aliphatic rings. The Balaban J connectivity index is 2.61. The van der Waals surface area contributed by atoms with Gasteiger partial charge in [-0.3, -0.25) is 0 Å². The average molecular weight is 221 g/mol. The third kappa shape index (κ3) is 1.64. The van der Waals surface area contributed by atoms with Crippen LogP contribution >= 0.6 is 0 Å². The Morgan fingerprint density at radius 1 is 1.31 bits per heavy atom. The molecule has 0 fully saturated rings. The second-order valence-corrected chi connectivity index (χ2v) is 3.79. The number of nitrogens with two attached hydrogens (primary N) is 1. The summed E-state index contributed by atoms with van der Waals surface area (Å²) in [6.45, 7) is 2.85. The van der Waals surface area contributed by atoms with E-state index in [9.17, 15) is 0 Å². The van der Waals surface area contributed by atoms with Gasteiger partial charge in [-0.15, -0.1) is 5.10 Å². The van der Waals surface area contributed by atoms with Crippen LogP contribution in [0.4, 0.5) is 11.8 Å². The summed E-state index contributed by atoms with van der Waals surface area (Å²) in [4.78, 5) is 10.3. The molecule has 2 heterocycles. The van der Waals surface area contributed by atoms with Crippen molar-refractivity contribution in [2.45, 2.75) is 19.9 Å². The van der Waals surface area contributed by atoms with E-state index in [1.165, 1.54) is 0 Å². The van der Waals surface area contributed by atoms with Crippen LogP contribution < -0.4 is 10.6 Å². The van der Waals surface area contributed by atoms with Gasteiger partial charge < -0.3 is 10.6 Å². The third-order valence-corrected chi connectivity index (χ3v) is 2.21. The van der Waals surface area contributed by atoms with Crippen molar-refractivity contribution in [3.8, 4) is 0 Å². The molecule has 0 amide bonds. The molecule has 0 radical (unpaired) electrons. The standard InChI is InChI=1S/C9H15N7/c1-4-5-16-8-6(13-14-16)7(10)11-9(12-8)15(2)3/h4-5H2,1-3H3,(H2,10,11,12). The zero-order valence-electron chi connectivity index (χ0n) is 9.67. The molecule has 0 spiro atoms. The number of rotatable bonds is 3. The van der Waals surface area contributed by atoms with Crippen LogP contribution in [0.3, 0.4) is 0 Å². The first-order valence-corrected chi connectivity index (χ1v) is 5.17. The highest BCUT2D eigenvalue weighted by atomic mass is 15.4. The van der Waals surface area contributed by atoms with Crippen molar-refractivity contribution in [1.29, 1.82) is 0 Å². The van der Waals surface area contributed by atoms with Crippen LogP contribution in [-0.2, 0) is 6.54 Å². The molecule has 0 atom stereocenters. The number of nitrogen functional groups attached to an aromatic ring is 1. The first-order valence-electron chi connectivity index (χ1n) is 5.17. The summed E-state index contributed by atoms with van der Waals surface area (Å²) in [5, 5.41) is 7.99. The maximum absolute atomic E-state index is 5.81. The molecule has 7 nitrogen and oxygen atoms in total. The predicted octanol–water partition coefficient (Wildman–Crippen LogP) is 0.279. The SMILES string of the molecule is CCCn1nnc2c(N)nc(N(C)C)nc21. The number of aromatic nitrogens is 5. The fraction of sp³-hybridized carbons (Fsp3) is 0.556. The maximum atomic E-state index is 5.81. The molecule has 2 aromatic rings. The van der Waals surface area contributed by atoms with E-state index in [1.807, 2.05) is 14.1 Å². The molecule has 0 aliphatic heterocycles. The average Bonchev–Trinajstić information content (AvgIpc) is 2.63. The van der Waals surface area contributed by atoms with Gasteiger partial charge in [0.2, 0.25) is 5.95 Å². The molecule has 0 saturated heterocycles. The Morgan fingerprint density at radius 3 is 2.69 bits per heavy atom. The van der Waals surface area contributed by atoms with Gasteiger partial charge in [0.05, 0.1) is 0 Å². The van der Waals surface area contributed by atoms with E-state index in [1.54, 1.807) is 9.58 Å². The first-order chi connectivity index (χ1) is 7.63. The van der Waals surface area contributed by atoms with Crippen molar-refractivity contribution in [1.82, 2.24) is 25.0 Å². The number of hydrogen-bond acceptors (Lipinski definition) is 6. The third-order valence-electron chi connectivity index (χ3n) is 2.21. The molecule has 0 aliphatic carbocycles. The van der Waals surface area contributed by atoms with Crippen molar-refractivity contribution in [3.63, 3.8) is 0 Å². The first kappa shape index (κ1) is 10.6. The van der Waals surface area contributed by atoms with E-state index in [2.05, 4.69) is 27.2 Å². The number of hydrogen-bond donors (Lipinski definition) is 1. The van der Waals surface area contributed by atoms with Crippen LogP contribution in [0.5, 0.6) is 0 Å². The van der Waals surface area contributed by atoms with E-state index in [4.69, 9.17) is 5.73 Å². The van der Waals surface area contributed by atoms with Gasteiger partial charge in [-0.2, -0.15) is 9.97 Å². The van der Waals surface area contributed by atoms with Gasteiger partial charge >= 0.3 is 0 Å². The van der Waals surface area contributed by atoms with Gasteiger partial charge in [0, 0.05) is 20.6 Å². The van der Waals surface area contributed by atoms with Crippen LogP contribution in [0, 0.1) is 0 Å². The van der Waals surface area contributed by atoms with Crippen molar-refractivity contribution >= 4 is 22.9 Å². The van der Waals surface area contributed by atoms with Gasteiger partial charge in [-0.05, 0) is 6.42 Å². The minimum Gasteiger partial charge on any atom is -0.382 e. The normalized spacial score (nSPS) is 10.9. The summed E-state index contributed by atoms with van der Waals surface area (Å²) in [6.07, 6.45) is 0.972. The van der Waals surface area contributed by atoms with Crippen LogP contribution in [-0.4, -0.2) is 39.1 Å². The Morgan fingerprint density at radius 2 is 2.06 bits per heavy atom. The lowest BCUT2D eigenvalue weighted by Gasteiger charge is -2.10. The van der Waals surface area contributed by atoms with E-state index < -0.39 is 0 Å². The molecule has 0 unspecified atom stereocenters. The summed E-state index contributed by atoms with van der Waals surface area (Å²) in [7, 11) is 3.74. The van der Waals surface area contributed by atoms with Crippen LogP contribution in [0.2, 0.25) is 0 Å². The molecule has 16 heavy (non-hydrogen) atoms. The fourth-order valence-corrected chi connectivity index (χ4v) is 1.43. The lowest BCUT2D eigenvalue weighted by atomic mass is 10.4. The minimum atomic E-state index is 0.371. The van der Waals surface area contributed by atoms with Crippen LogP contribution in [0.25, 0.3) is 11.2 Å². The summed E-state index contributed by atoms with van der Waals surface area (Å²) in [5.74, 6) is 0.945. The summed E-state index contributed by atoms with van der Waals surface area (Å²) in [6, 6.07) is 0. The quantitative estimate of drug-likeness (QED) is 0.801. The van der Waals surface area contributed by atoms with Crippen LogP contribution in [0.1, 0.15) is 13.3 Å². The van der Waals surface area contributed by atoms with E-state index in [0.717, 1.165) is 13.0 Å². The van der Waals surface area contributed by atoms with E-state index in [-0.39, 0.29) is 0 Å². The monoisotopic (exact) mass is 221 g/mol. The van der Waals surface area contributed by atoms with Gasteiger partial charge in [0.1, 0.15) is 0 Å². The molecular weight excluding hydrogens is 206 g/mol. The Kier molecular flexibility index (Phi) is 2.59.